The van der Waals surface area contributed by atoms with Gasteiger partial charge in [-0.25, -0.2) is 0 Å². The Kier molecular flexibility index (Phi) is 7.15. The Hall–Kier alpha value is -1.75. The molecule has 2 atom stereocenters. The number of anilines is 1. The van der Waals surface area contributed by atoms with E-state index >= 15 is 0 Å². The third-order valence-electron chi connectivity index (χ3n) is 8.46. The van der Waals surface area contributed by atoms with Crippen molar-refractivity contribution in [3.63, 3.8) is 0 Å². The second-order valence-electron chi connectivity index (χ2n) is 10.2. The van der Waals surface area contributed by atoms with Crippen molar-refractivity contribution in [3.8, 4) is 5.75 Å². The van der Waals surface area contributed by atoms with Gasteiger partial charge in [-0.2, -0.15) is 0 Å². The van der Waals surface area contributed by atoms with Crippen LogP contribution in [-0.4, -0.2) is 57.3 Å². The molecule has 0 bridgehead atoms. The van der Waals surface area contributed by atoms with Gasteiger partial charge in [-0.1, -0.05) is 42.3 Å². The molecule has 2 aromatic carbocycles. The lowest BCUT2D eigenvalue weighted by Crippen LogP contribution is -2.56. The maximum atomic E-state index is 6.23. The second kappa shape index (κ2) is 10.2. The first kappa shape index (κ1) is 23.0. The van der Waals surface area contributed by atoms with Gasteiger partial charge in [0, 0.05) is 37.2 Å². The molecule has 0 aromatic heterocycles. The van der Waals surface area contributed by atoms with Gasteiger partial charge in [0.1, 0.15) is 5.75 Å². The molecule has 2 aromatic rings. The summed E-state index contributed by atoms with van der Waals surface area (Å²) in [5.74, 6) is 1.72. The summed E-state index contributed by atoms with van der Waals surface area (Å²) in [5.41, 5.74) is 3.05. The van der Waals surface area contributed by atoms with Crippen molar-refractivity contribution in [3.05, 3.63) is 59.1 Å². The lowest BCUT2D eigenvalue weighted by molar-refractivity contribution is 0.0660. The molecule has 4 nitrogen and oxygen atoms in total. The highest BCUT2D eigenvalue weighted by molar-refractivity contribution is 6.30. The summed E-state index contributed by atoms with van der Waals surface area (Å²) in [4.78, 5) is 5.32. The van der Waals surface area contributed by atoms with E-state index in [9.17, 15) is 0 Å². The maximum Gasteiger partial charge on any atom is 0.142 e. The molecule has 0 amide bonds. The van der Waals surface area contributed by atoms with Gasteiger partial charge in [0.2, 0.25) is 0 Å². The normalized spacial score (nSPS) is 24.2. The van der Waals surface area contributed by atoms with E-state index in [0.29, 0.717) is 11.5 Å². The quantitative estimate of drug-likeness (QED) is 0.594. The van der Waals surface area contributed by atoms with Crippen molar-refractivity contribution in [1.82, 2.24) is 10.2 Å². The smallest absolute Gasteiger partial charge is 0.142 e. The number of piperazine rings is 1. The molecule has 2 aliphatic heterocycles. The molecule has 0 spiro atoms. The summed E-state index contributed by atoms with van der Waals surface area (Å²) >= 11 is 6.23. The van der Waals surface area contributed by atoms with Gasteiger partial charge in [0.15, 0.2) is 0 Å². The zero-order valence-electron chi connectivity index (χ0n) is 19.9. The maximum absolute atomic E-state index is 6.23. The van der Waals surface area contributed by atoms with Crippen LogP contribution in [0.25, 0.3) is 0 Å². The number of hydrogen-bond acceptors (Lipinski definition) is 4. The minimum Gasteiger partial charge on any atom is -0.495 e. The van der Waals surface area contributed by atoms with E-state index in [0.717, 1.165) is 49.4 Å². The third kappa shape index (κ3) is 4.89. The molecule has 0 radical (unpaired) electrons. The number of hydrogen-bond donors (Lipinski definition) is 1. The van der Waals surface area contributed by atoms with E-state index in [1.807, 2.05) is 0 Å². The van der Waals surface area contributed by atoms with Gasteiger partial charge < -0.3 is 15.0 Å². The number of nitrogens with zero attached hydrogens (tertiary/aromatic N) is 2. The van der Waals surface area contributed by atoms with Crippen LogP contribution in [0.4, 0.5) is 5.69 Å². The van der Waals surface area contributed by atoms with Crippen LogP contribution in [0.3, 0.4) is 0 Å². The minimum absolute atomic E-state index is 0.326. The number of ether oxygens (including phenoxy) is 1. The fourth-order valence-corrected chi connectivity index (χ4v) is 6.53. The van der Waals surface area contributed by atoms with Crippen LogP contribution in [0.1, 0.15) is 44.1 Å². The lowest BCUT2D eigenvalue weighted by Gasteiger charge is -2.51. The van der Waals surface area contributed by atoms with E-state index in [4.69, 9.17) is 16.3 Å². The molecule has 1 N–H and O–H groups in total. The lowest BCUT2D eigenvalue weighted by atomic mass is 9.60. The molecule has 178 valence electrons. The molecule has 5 rings (SSSR count). The van der Waals surface area contributed by atoms with Gasteiger partial charge in [-0.05, 0) is 86.4 Å². The van der Waals surface area contributed by atoms with Crippen LogP contribution in [-0.2, 0) is 5.41 Å². The van der Waals surface area contributed by atoms with Crippen molar-refractivity contribution in [1.29, 1.82) is 0 Å². The molecule has 2 saturated heterocycles. The summed E-state index contributed by atoms with van der Waals surface area (Å²) in [6.45, 7) is 6.70. The predicted molar refractivity (Wildman–Crippen MR) is 138 cm³/mol. The minimum atomic E-state index is 0.326. The topological polar surface area (TPSA) is 27.7 Å². The van der Waals surface area contributed by atoms with Gasteiger partial charge in [-0.3, -0.25) is 4.90 Å². The number of methoxy groups -OCH3 is 1. The largest absolute Gasteiger partial charge is 0.495 e. The van der Waals surface area contributed by atoms with E-state index < -0.39 is 0 Å². The van der Waals surface area contributed by atoms with Crippen LogP contribution in [0.15, 0.2) is 48.5 Å². The van der Waals surface area contributed by atoms with Gasteiger partial charge in [-0.15, -0.1) is 0 Å². The number of rotatable bonds is 7. The summed E-state index contributed by atoms with van der Waals surface area (Å²) in [5, 5.41) is 4.54. The first-order valence-corrected chi connectivity index (χ1v) is 13.2. The zero-order valence-corrected chi connectivity index (χ0v) is 20.7. The second-order valence-corrected chi connectivity index (χ2v) is 10.6. The monoisotopic (exact) mass is 467 g/mol. The zero-order chi connectivity index (χ0) is 22.7. The molecule has 2 unspecified atom stereocenters. The Labute approximate surface area is 204 Å². The van der Waals surface area contributed by atoms with Crippen LogP contribution < -0.4 is 15.0 Å². The number of piperidine rings is 1. The number of para-hydroxylation sites is 2. The summed E-state index contributed by atoms with van der Waals surface area (Å²) in [6.07, 6.45) is 7.89. The van der Waals surface area contributed by atoms with Gasteiger partial charge >= 0.3 is 0 Å². The Balaban J connectivity index is 1.33. The molecule has 33 heavy (non-hydrogen) atoms. The SMILES string of the molecule is COc1ccccc1N1CCN(C(CC2(c3ccc(Cl)cc3)CCC2)C2CCCNC2)CC1. The van der Waals surface area contributed by atoms with E-state index in [1.54, 1.807) is 7.11 Å². The van der Waals surface area contributed by atoms with Crippen LogP contribution in [0, 0.1) is 5.92 Å². The first-order chi connectivity index (χ1) is 16.2. The first-order valence-electron chi connectivity index (χ1n) is 12.8. The van der Waals surface area contributed by atoms with E-state index in [2.05, 4.69) is 63.6 Å². The van der Waals surface area contributed by atoms with Gasteiger partial charge in [0.05, 0.1) is 12.8 Å². The van der Waals surface area contributed by atoms with Crippen molar-refractivity contribution in [2.45, 2.75) is 50.0 Å². The Morgan fingerprint density at radius 2 is 1.79 bits per heavy atom. The number of nitrogens with one attached hydrogen (secondary N) is 1. The van der Waals surface area contributed by atoms with Crippen molar-refractivity contribution in [2.24, 2.45) is 5.92 Å². The Morgan fingerprint density at radius 3 is 2.42 bits per heavy atom. The average Bonchev–Trinajstić information content (AvgIpc) is 2.85. The van der Waals surface area contributed by atoms with E-state index in [1.165, 1.54) is 56.3 Å². The highest BCUT2D eigenvalue weighted by atomic mass is 35.5. The standard InChI is InChI=1S/C28H38ClN3O/c1-33-27-8-3-2-7-25(27)31-16-18-32(19-17-31)26(22-6-4-15-30-21-22)20-28(13-5-14-28)23-9-11-24(29)12-10-23/h2-3,7-12,22,26,30H,4-6,13-21H2,1H3. The molecule has 5 heteroatoms. The molecular weight excluding hydrogens is 430 g/mol. The van der Waals surface area contributed by atoms with Crippen LogP contribution in [0.2, 0.25) is 5.02 Å². The molecule has 1 aliphatic carbocycles. The fourth-order valence-electron chi connectivity index (χ4n) is 6.40. The fraction of sp³-hybridized carbons (Fsp3) is 0.571. The molecular formula is C28H38ClN3O. The van der Waals surface area contributed by atoms with E-state index in [-0.39, 0.29) is 0 Å². The number of benzene rings is 2. The van der Waals surface area contributed by atoms with Crippen molar-refractivity contribution >= 4 is 17.3 Å². The summed E-state index contributed by atoms with van der Waals surface area (Å²) in [7, 11) is 1.77. The molecule has 2 heterocycles. The van der Waals surface area contributed by atoms with Gasteiger partial charge in [0.25, 0.3) is 0 Å². The Morgan fingerprint density at radius 1 is 1.03 bits per heavy atom. The summed E-state index contributed by atoms with van der Waals surface area (Å²) < 4.78 is 5.64. The van der Waals surface area contributed by atoms with Crippen LogP contribution in [0.5, 0.6) is 5.75 Å². The van der Waals surface area contributed by atoms with Crippen LogP contribution >= 0.6 is 11.6 Å². The molecule has 3 aliphatic rings. The third-order valence-corrected chi connectivity index (χ3v) is 8.71. The molecule has 1 saturated carbocycles. The highest BCUT2D eigenvalue weighted by Gasteiger charge is 2.44. The Bertz CT molecular complexity index is 900. The van der Waals surface area contributed by atoms with Crippen molar-refractivity contribution < 1.29 is 4.74 Å². The van der Waals surface area contributed by atoms with Crippen molar-refractivity contribution in [2.75, 3.05) is 51.3 Å². The predicted octanol–water partition coefficient (Wildman–Crippen LogP) is 5.35. The average molecular weight is 468 g/mol. The molecule has 3 fully saturated rings. The number of halogens is 1. The summed E-state index contributed by atoms with van der Waals surface area (Å²) in [6, 6.07) is 17.8. The highest BCUT2D eigenvalue weighted by Crippen LogP contribution is 2.49.